The second-order valence-corrected chi connectivity index (χ2v) is 4.56. The number of amides is 3. The zero-order valence-electron chi connectivity index (χ0n) is 11.1. The second kappa shape index (κ2) is 7.73. The van der Waals surface area contributed by atoms with Crippen LogP contribution in [-0.4, -0.2) is 54.2 Å². The molecule has 0 spiro atoms. The van der Waals surface area contributed by atoms with Crippen molar-refractivity contribution in [1.29, 1.82) is 0 Å². The first-order valence-corrected chi connectivity index (χ1v) is 6.37. The van der Waals surface area contributed by atoms with Crippen LogP contribution in [0.3, 0.4) is 0 Å². The molecule has 0 aromatic rings. The van der Waals surface area contributed by atoms with E-state index in [2.05, 4.69) is 5.32 Å². The predicted octanol–water partition coefficient (Wildman–Crippen LogP) is 0.588. The Bertz CT molecular complexity index is 339. The summed E-state index contributed by atoms with van der Waals surface area (Å²) in [7, 11) is 1.65. The van der Waals surface area contributed by atoms with E-state index in [0.29, 0.717) is 13.2 Å². The van der Waals surface area contributed by atoms with Crippen LogP contribution >= 0.6 is 0 Å². The molecule has 7 nitrogen and oxygen atoms in total. The zero-order valence-corrected chi connectivity index (χ0v) is 11.1. The van der Waals surface area contributed by atoms with Crippen molar-refractivity contribution in [1.82, 2.24) is 10.2 Å². The number of aliphatic carboxylic acids is 1. The Morgan fingerprint density at radius 3 is 2.47 bits per heavy atom. The Morgan fingerprint density at radius 2 is 1.89 bits per heavy atom. The Morgan fingerprint density at radius 1 is 1.26 bits per heavy atom. The number of carboxylic acid groups (broad SMARTS) is 1. The summed E-state index contributed by atoms with van der Waals surface area (Å²) in [6.45, 7) is 1.24. The normalized spacial score (nSPS) is 15.8. The molecule has 7 heteroatoms. The molecule has 2 N–H and O–H groups in total. The minimum atomic E-state index is -0.946. The maximum Gasteiger partial charge on any atom is 0.324 e. The number of hydrogen-bond acceptors (Lipinski definition) is 4. The first-order valence-electron chi connectivity index (χ1n) is 6.37. The monoisotopic (exact) mass is 272 g/mol. The molecule has 1 aliphatic heterocycles. The second-order valence-electron chi connectivity index (χ2n) is 4.56. The highest BCUT2D eigenvalue weighted by molar-refractivity contribution is 5.94. The number of ether oxygens (including phenoxy) is 1. The Kier molecular flexibility index (Phi) is 6.27. The number of carbonyl (C=O) groups is 3. The number of carbonyl (C=O) groups excluding carboxylic acids is 2. The lowest BCUT2D eigenvalue weighted by Crippen LogP contribution is -2.47. The molecule has 19 heavy (non-hydrogen) atoms. The van der Waals surface area contributed by atoms with Crippen LogP contribution in [0.2, 0.25) is 0 Å². The highest BCUT2D eigenvalue weighted by atomic mass is 16.5. The van der Waals surface area contributed by atoms with Crippen molar-refractivity contribution in [3.05, 3.63) is 0 Å². The maximum absolute atomic E-state index is 11.8. The van der Waals surface area contributed by atoms with Gasteiger partial charge in [-0.3, -0.25) is 14.9 Å². The van der Waals surface area contributed by atoms with Crippen molar-refractivity contribution in [2.75, 3.05) is 20.3 Å². The topological polar surface area (TPSA) is 95.9 Å². The van der Waals surface area contributed by atoms with E-state index in [0.717, 1.165) is 12.8 Å². The highest BCUT2D eigenvalue weighted by Gasteiger charge is 2.23. The third kappa shape index (κ3) is 5.69. The molecule has 1 saturated heterocycles. The van der Waals surface area contributed by atoms with Gasteiger partial charge in [0.2, 0.25) is 5.91 Å². The molecular formula is C12H20N2O5. The van der Waals surface area contributed by atoms with E-state index in [-0.39, 0.29) is 25.3 Å². The summed E-state index contributed by atoms with van der Waals surface area (Å²) < 4.78 is 5.21. The van der Waals surface area contributed by atoms with Gasteiger partial charge in [0, 0.05) is 39.1 Å². The third-order valence-electron chi connectivity index (χ3n) is 3.10. The van der Waals surface area contributed by atoms with Crippen LogP contribution in [-0.2, 0) is 14.3 Å². The fourth-order valence-electron chi connectivity index (χ4n) is 1.91. The minimum Gasteiger partial charge on any atom is -0.481 e. The molecule has 1 fully saturated rings. The number of imide groups is 1. The molecule has 108 valence electrons. The summed E-state index contributed by atoms with van der Waals surface area (Å²) in [5.74, 6) is -1.39. The van der Waals surface area contributed by atoms with E-state index in [1.54, 1.807) is 7.05 Å². The zero-order chi connectivity index (χ0) is 14.3. The van der Waals surface area contributed by atoms with E-state index in [9.17, 15) is 14.4 Å². The first-order chi connectivity index (χ1) is 9.00. The smallest absolute Gasteiger partial charge is 0.324 e. The van der Waals surface area contributed by atoms with Gasteiger partial charge in [-0.05, 0) is 19.3 Å². The SMILES string of the molecule is CN(C(=O)NC(=O)CCCC(=O)O)C1CCOCC1. The van der Waals surface area contributed by atoms with Gasteiger partial charge in [-0.25, -0.2) is 4.79 Å². The van der Waals surface area contributed by atoms with E-state index < -0.39 is 17.9 Å². The van der Waals surface area contributed by atoms with Crippen LogP contribution in [0.5, 0.6) is 0 Å². The average Bonchev–Trinajstić information content (AvgIpc) is 2.38. The number of carboxylic acids is 1. The van der Waals surface area contributed by atoms with Crippen molar-refractivity contribution in [2.24, 2.45) is 0 Å². The van der Waals surface area contributed by atoms with Crippen LogP contribution in [0, 0.1) is 0 Å². The lowest BCUT2D eigenvalue weighted by Gasteiger charge is -2.30. The van der Waals surface area contributed by atoms with Gasteiger partial charge in [0.25, 0.3) is 0 Å². The van der Waals surface area contributed by atoms with Gasteiger partial charge in [0.1, 0.15) is 0 Å². The van der Waals surface area contributed by atoms with Gasteiger partial charge in [0.15, 0.2) is 0 Å². The van der Waals surface area contributed by atoms with E-state index in [1.165, 1.54) is 4.90 Å². The van der Waals surface area contributed by atoms with E-state index in [4.69, 9.17) is 9.84 Å². The molecule has 1 heterocycles. The summed E-state index contributed by atoms with van der Waals surface area (Å²) in [5.41, 5.74) is 0. The molecule has 0 aromatic heterocycles. The van der Waals surface area contributed by atoms with Gasteiger partial charge in [-0.15, -0.1) is 0 Å². The Labute approximate surface area is 111 Å². The van der Waals surface area contributed by atoms with Gasteiger partial charge < -0.3 is 14.7 Å². The van der Waals surface area contributed by atoms with Crippen molar-refractivity contribution in [2.45, 2.75) is 38.1 Å². The predicted molar refractivity (Wildman–Crippen MR) is 66.6 cm³/mol. The van der Waals surface area contributed by atoms with Gasteiger partial charge in [-0.1, -0.05) is 0 Å². The number of nitrogens with zero attached hydrogens (tertiary/aromatic N) is 1. The molecule has 0 bridgehead atoms. The molecule has 0 radical (unpaired) electrons. The maximum atomic E-state index is 11.8. The number of nitrogens with one attached hydrogen (secondary N) is 1. The van der Waals surface area contributed by atoms with Crippen LogP contribution < -0.4 is 5.32 Å². The lowest BCUT2D eigenvalue weighted by molar-refractivity contribution is -0.137. The minimum absolute atomic E-state index is 0.0413. The fraction of sp³-hybridized carbons (Fsp3) is 0.750. The lowest BCUT2D eigenvalue weighted by atomic mass is 10.1. The molecule has 3 amide bonds. The van der Waals surface area contributed by atoms with Crippen molar-refractivity contribution in [3.8, 4) is 0 Å². The number of rotatable bonds is 5. The van der Waals surface area contributed by atoms with Crippen LogP contribution in [0.4, 0.5) is 4.79 Å². The van der Waals surface area contributed by atoms with Gasteiger partial charge >= 0.3 is 12.0 Å². The summed E-state index contributed by atoms with van der Waals surface area (Å²) in [4.78, 5) is 35.0. The van der Waals surface area contributed by atoms with Crippen molar-refractivity contribution < 1.29 is 24.2 Å². The van der Waals surface area contributed by atoms with Gasteiger partial charge in [0.05, 0.1) is 0 Å². The fourth-order valence-corrected chi connectivity index (χ4v) is 1.91. The average molecular weight is 272 g/mol. The Hall–Kier alpha value is -1.63. The van der Waals surface area contributed by atoms with E-state index in [1.807, 2.05) is 0 Å². The molecule has 0 aromatic carbocycles. The number of urea groups is 1. The third-order valence-corrected chi connectivity index (χ3v) is 3.10. The molecular weight excluding hydrogens is 252 g/mol. The van der Waals surface area contributed by atoms with Crippen LogP contribution in [0.25, 0.3) is 0 Å². The molecule has 0 unspecified atom stereocenters. The Balaban J connectivity index is 2.28. The molecule has 0 atom stereocenters. The largest absolute Gasteiger partial charge is 0.481 e. The molecule has 0 saturated carbocycles. The summed E-state index contributed by atoms with van der Waals surface area (Å²) >= 11 is 0. The summed E-state index contributed by atoms with van der Waals surface area (Å²) in [6, 6.07) is -0.354. The molecule has 1 rings (SSSR count). The standard InChI is InChI=1S/C12H20N2O5/c1-14(9-5-7-19-8-6-9)12(18)13-10(15)3-2-4-11(16)17/h9H,2-8H2,1H3,(H,16,17)(H,13,15,18). The quantitative estimate of drug-likeness (QED) is 0.763. The van der Waals surface area contributed by atoms with Crippen LogP contribution in [0.15, 0.2) is 0 Å². The van der Waals surface area contributed by atoms with Crippen molar-refractivity contribution in [3.63, 3.8) is 0 Å². The van der Waals surface area contributed by atoms with Crippen LogP contribution in [0.1, 0.15) is 32.1 Å². The summed E-state index contributed by atoms with van der Waals surface area (Å²) in [6.07, 6.45) is 1.72. The van der Waals surface area contributed by atoms with Gasteiger partial charge in [-0.2, -0.15) is 0 Å². The van der Waals surface area contributed by atoms with Crippen molar-refractivity contribution >= 4 is 17.9 Å². The summed E-state index contributed by atoms with van der Waals surface area (Å²) in [5, 5.41) is 10.7. The first kappa shape index (κ1) is 15.4. The molecule has 1 aliphatic rings. The number of hydrogen-bond donors (Lipinski definition) is 2. The highest BCUT2D eigenvalue weighted by Crippen LogP contribution is 2.12. The molecule has 0 aliphatic carbocycles. The van der Waals surface area contributed by atoms with E-state index >= 15 is 0 Å².